The highest BCUT2D eigenvalue weighted by Crippen LogP contribution is 2.23. The minimum atomic E-state index is 0.0978. The van der Waals surface area contributed by atoms with Gasteiger partial charge >= 0.3 is 0 Å². The predicted molar refractivity (Wildman–Crippen MR) is 102 cm³/mol. The average molecular weight is 351 g/mol. The molecule has 1 aromatic heterocycles. The van der Waals surface area contributed by atoms with Gasteiger partial charge < -0.3 is 0 Å². The number of Topliss-reactive ketones (excluding diaryl/α,β-unsaturated/α-hetero) is 1. The molecule has 1 heterocycles. The molecule has 0 amide bonds. The lowest BCUT2D eigenvalue weighted by atomic mass is 10.0. The number of ketones is 1. The summed E-state index contributed by atoms with van der Waals surface area (Å²) in [4.78, 5) is 12.5. The van der Waals surface area contributed by atoms with Crippen LogP contribution >= 0.6 is 11.8 Å². The van der Waals surface area contributed by atoms with Crippen molar-refractivity contribution in [1.29, 1.82) is 0 Å². The largest absolute Gasteiger partial charge is 0.293 e. The molecule has 3 rings (SSSR count). The standard InChI is InChI=1S/C20H21N3OS/c1-14(2)16-9-11-17(12-10-16)19(24)13-25-20-22-21-15(3)23(20)18-7-5-4-6-8-18/h4-12,14H,13H2,1-3H3. The van der Waals surface area contributed by atoms with E-state index in [1.807, 2.05) is 66.1 Å². The molecule has 4 nitrogen and oxygen atoms in total. The van der Waals surface area contributed by atoms with Crippen molar-refractivity contribution in [1.82, 2.24) is 14.8 Å². The van der Waals surface area contributed by atoms with Gasteiger partial charge in [0.05, 0.1) is 5.75 Å². The van der Waals surface area contributed by atoms with Crippen molar-refractivity contribution in [2.24, 2.45) is 0 Å². The SMILES string of the molecule is Cc1nnc(SCC(=O)c2ccc(C(C)C)cc2)n1-c1ccccc1. The molecule has 0 aliphatic heterocycles. The van der Waals surface area contributed by atoms with Gasteiger partial charge in [0, 0.05) is 11.3 Å². The summed E-state index contributed by atoms with van der Waals surface area (Å²) >= 11 is 1.42. The van der Waals surface area contributed by atoms with Crippen molar-refractivity contribution in [3.8, 4) is 5.69 Å². The van der Waals surface area contributed by atoms with Gasteiger partial charge in [-0.15, -0.1) is 10.2 Å². The molecule has 0 atom stereocenters. The molecule has 25 heavy (non-hydrogen) atoms. The maximum Gasteiger partial charge on any atom is 0.196 e. The van der Waals surface area contributed by atoms with E-state index in [4.69, 9.17) is 0 Å². The third-order valence-corrected chi connectivity index (χ3v) is 4.97. The summed E-state index contributed by atoms with van der Waals surface area (Å²) in [5, 5.41) is 9.11. The van der Waals surface area contributed by atoms with Crippen molar-refractivity contribution in [3.63, 3.8) is 0 Å². The van der Waals surface area contributed by atoms with Crippen LogP contribution in [0.5, 0.6) is 0 Å². The number of hydrogen-bond acceptors (Lipinski definition) is 4. The highest BCUT2D eigenvalue weighted by atomic mass is 32.2. The zero-order valence-electron chi connectivity index (χ0n) is 14.6. The monoisotopic (exact) mass is 351 g/mol. The summed E-state index contributed by atoms with van der Waals surface area (Å²) in [6, 6.07) is 17.8. The smallest absolute Gasteiger partial charge is 0.196 e. The third kappa shape index (κ3) is 3.99. The molecule has 5 heteroatoms. The molecule has 3 aromatic rings. The topological polar surface area (TPSA) is 47.8 Å². The number of thioether (sulfide) groups is 1. The Kier molecular flexibility index (Phi) is 5.34. The molecule has 128 valence electrons. The minimum absolute atomic E-state index is 0.0978. The first-order valence-corrected chi connectivity index (χ1v) is 9.28. The number of para-hydroxylation sites is 1. The molecule has 0 spiro atoms. The average Bonchev–Trinajstić information content (AvgIpc) is 3.01. The van der Waals surface area contributed by atoms with Gasteiger partial charge in [-0.05, 0) is 30.5 Å². The van der Waals surface area contributed by atoms with Crippen LogP contribution in [0, 0.1) is 6.92 Å². The lowest BCUT2D eigenvalue weighted by molar-refractivity contribution is 0.102. The van der Waals surface area contributed by atoms with Gasteiger partial charge in [-0.25, -0.2) is 0 Å². The van der Waals surface area contributed by atoms with E-state index in [1.54, 1.807) is 0 Å². The summed E-state index contributed by atoms with van der Waals surface area (Å²) in [6.45, 7) is 6.20. The van der Waals surface area contributed by atoms with Crippen LogP contribution in [0.3, 0.4) is 0 Å². The fourth-order valence-corrected chi connectivity index (χ4v) is 3.47. The number of rotatable bonds is 6. The Labute approximate surface area is 152 Å². The Balaban J connectivity index is 1.73. The van der Waals surface area contributed by atoms with Crippen molar-refractivity contribution >= 4 is 17.5 Å². The van der Waals surface area contributed by atoms with Gasteiger partial charge in [0.25, 0.3) is 0 Å². The lowest BCUT2D eigenvalue weighted by Gasteiger charge is -2.08. The van der Waals surface area contributed by atoms with Gasteiger partial charge in [0.2, 0.25) is 0 Å². The number of carbonyl (C=O) groups is 1. The number of aromatic nitrogens is 3. The summed E-state index contributed by atoms with van der Waals surface area (Å²) in [5.41, 5.74) is 2.98. The molecular formula is C20H21N3OS. The van der Waals surface area contributed by atoms with Crippen LogP contribution in [-0.4, -0.2) is 26.3 Å². The highest BCUT2D eigenvalue weighted by Gasteiger charge is 2.14. The second-order valence-electron chi connectivity index (χ2n) is 6.19. The van der Waals surface area contributed by atoms with Crippen LogP contribution in [0.4, 0.5) is 0 Å². The summed E-state index contributed by atoms with van der Waals surface area (Å²) in [6.07, 6.45) is 0. The van der Waals surface area contributed by atoms with Gasteiger partial charge in [-0.1, -0.05) is 68.1 Å². The van der Waals surface area contributed by atoms with Crippen molar-refractivity contribution in [2.45, 2.75) is 31.8 Å². The van der Waals surface area contributed by atoms with Gasteiger partial charge in [0.1, 0.15) is 5.82 Å². The van der Waals surface area contributed by atoms with Crippen LogP contribution < -0.4 is 0 Å². The molecule has 0 N–H and O–H groups in total. The number of benzene rings is 2. The van der Waals surface area contributed by atoms with Crippen LogP contribution in [-0.2, 0) is 0 Å². The van der Waals surface area contributed by atoms with Gasteiger partial charge in [0.15, 0.2) is 10.9 Å². The van der Waals surface area contributed by atoms with Crippen LogP contribution in [0.25, 0.3) is 5.69 Å². The van der Waals surface area contributed by atoms with E-state index in [1.165, 1.54) is 17.3 Å². The number of aryl methyl sites for hydroxylation is 1. The zero-order valence-corrected chi connectivity index (χ0v) is 15.5. The minimum Gasteiger partial charge on any atom is -0.293 e. The fraction of sp³-hybridized carbons (Fsp3) is 0.250. The molecule has 0 saturated heterocycles. The van der Waals surface area contributed by atoms with Crippen LogP contribution in [0.1, 0.15) is 41.5 Å². The Bertz CT molecular complexity index is 854. The molecule has 0 saturated carbocycles. The quantitative estimate of drug-likeness (QED) is 0.478. The van der Waals surface area contributed by atoms with Gasteiger partial charge in [-0.2, -0.15) is 0 Å². The summed E-state index contributed by atoms with van der Waals surface area (Å²) in [7, 11) is 0. The number of hydrogen-bond donors (Lipinski definition) is 0. The molecule has 0 fully saturated rings. The summed E-state index contributed by atoms with van der Waals surface area (Å²) in [5.74, 6) is 1.71. The van der Waals surface area contributed by atoms with E-state index in [9.17, 15) is 4.79 Å². The molecule has 0 aliphatic rings. The molecule has 0 aliphatic carbocycles. The molecule has 0 bridgehead atoms. The van der Waals surface area contributed by atoms with E-state index < -0.39 is 0 Å². The number of nitrogens with zero attached hydrogens (tertiary/aromatic N) is 3. The Morgan fingerprint density at radius 3 is 2.36 bits per heavy atom. The van der Waals surface area contributed by atoms with E-state index in [0.29, 0.717) is 11.7 Å². The van der Waals surface area contributed by atoms with Crippen molar-refractivity contribution in [3.05, 3.63) is 71.5 Å². The number of carbonyl (C=O) groups excluding carboxylic acids is 1. The van der Waals surface area contributed by atoms with Gasteiger partial charge in [-0.3, -0.25) is 9.36 Å². The zero-order chi connectivity index (χ0) is 17.8. The Morgan fingerprint density at radius 2 is 1.72 bits per heavy atom. The van der Waals surface area contributed by atoms with E-state index in [2.05, 4.69) is 24.0 Å². The Hall–Kier alpha value is -2.40. The maximum atomic E-state index is 12.5. The first kappa shape index (κ1) is 17.4. The first-order valence-electron chi connectivity index (χ1n) is 8.29. The van der Waals surface area contributed by atoms with E-state index in [0.717, 1.165) is 22.2 Å². The predicted octanol–water partition coefficient (Wildman–Crippen LogP) is 4.67. The second kappa shape index (κ2) is 7.66. The Morgan fingerprint density at radius 1 is 1.04 bits per heavy atom. The third-order valence-electron chi connectivity index (χ3n) is 4.04. The first-order chi connectivity index (χ1) is 12.1. The van der Waals surface area contributed by atoms with E-state index >= 15 is 0 Å². The molecule has 2 aromatic carbocycles. The van der Waals surface area contributed by atoms with Crippen LogP contribution in [0.2, 0.25) is 0 Å². The molecular weight excluding hydrogens is 330 g/mol. The second-order valence-corrected chi connectivity index (χ2v) is 7.13. The van der Waals surface area contributed by atoms with Crippen LogP contribution in [0.15, 0.2) is 59.8 Å². The molecule has 0 radical (unpaired) electrons. The lowest BCUT2D eigenvalue weighted by Crippen LogP contribution is -2.05. The van der Waals surface area contributed by atoms with Crippen molar-refractivity contribution in [2.75, 3.05) is 5.75 Å². The molecule has 0 unspecified atom stereocenters. The maximum absolute atomic E-state index is 12.5. The van der Waals surface area contributed by atoms with E-state index in [-0.39, 0.29) is 5.78 Å². The van der Waals surface area contributed by atoms with Crippen molar-refractivity contribution < 1.29 is 4.79 Å². The highest BCUT2D eigenvalue weighted by molar-refractivity contribution is 7.99. The summed E-state index contributed by atoms with van der Waals surface area (Å²) < 4.78 is 1.97. The fourth-order valence-electron chi connectivity index (χ4n) is 2.58. The normalized spacial score (nSPS) is 11.0.